The Morgan fingerprint density at radius 3 is 2.61 bits per heavy atom. The van der Waals surface area contributed by atoms with Gasteiger partial charge in [-0.3, -0.25) is 4.79 Å². The molecule has 3 atom stereocenters. The van der Waals surface area contributed by atoms with Crippen molar-refractivity contribution in [1.82, 2.24) is 14.9 Å². The molecule has 1 aliphatic carbocycles. The van der Waals surface area contributed by atoms with Crippen LogP contribution < -0.4 is 5.32 Å². The van der Waals surface area contributed by atoms with E-state index in [0.717, 1.165) is 4.88 Å². The average Bonchev–Trinajstić information content (AvgIpc) is 3.44. The molecule has 2 heterocycles. The third-order valence-corrected chi connectivity index (χ3v) is 7.61. The Balaban J connectivity index is 1.73. The molecule has 6 nitrogen and oxygen atoms in total. The van der Waals surface area contributed by atoms with Gasteiger partial charge in [-0.1, -0.05) is 32.8 Å². The molecule has 1 fully saturated rings. The maximum absolute atomic E-state index is 14.0. The molecule has 0 bridgehead atoms. The summed E-state index contributed by atoms with van der Waals surface area (Å²) in [5.74, 6) is -2.52. The van der Waals surface area contributed by atoms with Crippen molar-refractivity contribution in [2.45, 2.75) is 70.6 Å². The molecule has 2 aromatic heterocycles. The number of thiophene rings is 1. The smallest absolute Gasteiger partial charge is 0.393 e. The highest BCUT2D eigenvalue weighted by molar-refractivity contribution is 7.09. The lowest BCUT2D eigenvalue weighted by molar-refractivity contribution is -0.193. The molecule has 194 valence electrons. The van der Waals surface area contributed by atoms with E-state index in [-0.39, 0.29) is 24.3 Å². The monoisotopic (exact) mass is 521 g/mol. The van der Waals surface area contributed by atoms with E-state index in [1.54, 1.807) is 16.7 Å². The number of imidazole rings is 1. The topological polar surface area (TPSA) is 84.2 Å². The van der Waals surface area contributed by atoms with E-state index in [9.17, 15) is 27.9 Å². The first-order valence-electron chi connectivity index (χ1n) is 12.2. The first-order chi connectivity index (χ1) is 17.0. The summed E-state index contributed by atoms with van der Waals surface area (Å²) in [6.07, 6.45) is -1.90. The number of nitrogens with zero attached hydrogens (tertiary/aromatic N) is 2. The largest absolute Gasteiger partial charge is 0.480 e. The minimum Gasteiger partial charge on any atom is -0.480 e. The number of hydrogen-bond donors (Lipinski definition) is 2. The number of halogens is 3. The number of carboxylic acid groups (broad SMARTS) is 1. The van der Waals surface area contributed by atoms with Crippen LogP contribution in [0.2, 0.25) is 0 Å². The molecule has 1 aromatic carbocycles. The lowest BCUT2D eigenvalue weighted by Crippen LogP contribution is -2.41. The van der Waals surface area contributed by atoms with Crippen LogP contribution in [0.15, 0.2) is 35.7 Å². The number of rotatable bonds is 8. The highest BCUT2D eigenvalue weighted by atomic mass is 32.1. The predicted octanol–water partition coefficient (Wildman–Crippen LogP) is 6.21. The van der Waals surface area contributed by atoms with Crippen LogP contribution in [0, 0.1) is 11.8 Å². The summed E-state index contributed by atoms with van der Waals surface area (Å²) in [7, 11) is 0. The van der Waals surface area contributed by atoms with E-state index in [4.69, 9.17) is 4.98 Å². The van der Waals surface area contributed by atoms with E-state index in [1.165, 1.54) is 17.4 Å². The maximum Gasteiger partial charge on any atom is 0.393 e. The highest BCUT2D eigenvalue weighted by Gasteiger charge is 2.47. The highest BCUT2D eigenvalue weighted by Crippen LogP contribution is 2.45. The summed E-state index contributed by atoms with van der Waals surface area (Å²) in [4.78, 5) is 30.1. The average molecular weight is 522 g/mol. The van der Waals surface area contributed by atoms with Crippen molar-refractivity contribution in [3.63, 3.8) is 0 Å². The normalized spacial score (nSPS) is 19.5. The molecule has 2 N–H and O–H groups in total. The van der Waals surface area contributed by atoms with Crippen molar-refractivity contribution >= 4 is 34.2 Å². The molecule has 3 aromatic rings. The molecule has 36 heavy (non-hydrogen) atoms. The SMILES string of the molecule is CC(C)CC(NC(=O)c1ccc2c(c1)nc(Cc1cccs1)n2[C@H]1CCCCC1C(F)(F)F)C(=O)O. The quantitative estimate of drug-likeness (QED) is 0.369. The van der Waals surface area contributed by atoms with Gasteiger partial charge in [0.15, 0.2) is 0 Å². The van der Waals surface area contributed by atoms with Gasteiger partial charge in [0.05, 0.1) is 17.0 Å². The fourth-order valence-corrected chi connectivity index (χ4v) is 5.79. The Morgan fingerprint density at radius 1 is 1.22 bits per heavy atom. The van der Waals surface area contributed by atoms with E-state index in [0.29, 0.717) is 42.5 Å². The van der Waals surface area contributed by atoms with Crippen LogP contribution in [-0.2, 0) is 11.2 Å². The third kappa shape index (κ3) is 5.74. The Kier molecular flexibility index (Phi) is 7.73. The Hall–Kier alpha value is -2.88. The van der Waals surface area contributed by atoms with Gasteiger partial charge in [-0.25, -0.2) is 9.78 Å². The Labute approximate surface area is 211 Å². The molecule has 2 unspecified atom stereocenters. The number of nitrogens with one attached hydrogen (secondary N) is 1. The van der Waals surface area contributed by atoms with Crippen LogP contribution in [0.3, 0.4) is 0 Å². The van der Waals surface area contributed by atoms with Crippen molar-refractivity contribution in [2.24, 2.45) is 11.8 Å². The minimum atomic E-state index is -4.32. The van der Waals surface area contributed by atoms with Crippen molar-refractivity contribution in [3.05, 3.63) is 52.0 Å². The number of aromatic nitrogens is 2. The molecule has 4 rings (SSSR count). The minimum absolute atomic E-state index is 0.0708. The number of aliphatic carboxylic acids is 1. The summed E-state index contributed by atoms with van der Waals surface area (Å²) in [6, 6.07) is 6.73. The number of carbonyl (C=O) groups is 2. The van der Waals surface area contributed by atoms with E-state index in [2.05, 4.69) is 5.32 Å². The zero-order chi connectivity index (χ0) is 26.0. The van der Waals surface area contributed by atoms with E-state index in [1.807, 2.05) is 31.4 Å². The van der Waals surface area contributed by atoms with Crippen LogP contribution in [0.25, 0.3) is 11.0 Å². The van der Waals surface area contributed by atoms with Crippen molar-refractivity contribution in [3.8, 4) is 0 Å². The van der Waals surface area contributed by atoms with Gasteiger partial charge in [0.1, 0.15) is 11.9 Å². The van der Waals surface area contributed by atoms with Crippen molar-refractivity contribution in [1.29, 1.82) is 0 Å². The zero-order valence-corrected chi connectivity index (χ0v) is 21.0. The third-order valence-electron chi connectivity index (χ3n) is 6.73. The van der Waals surface area contributed by atoms with Gasteiger partial charge < -0.3 is 15.0 Å². The fraction of sp³-hybridized carbons (Fsp3) is 0.500. The van der Waals surface area contributed by atoms with Gasteiger partial charge in [-0.05, 0) is 54.8 Å². The summed E-state index contributed by atoms with van der Waals surface area (Å²) < 4.78 is 43.7. The Morgan fingerprint density at radius 2 is 1.97 bits per heavy atom. The standard InChI is InChI=1S/C26H30F3N3O3S/c1-15(2)12-20(25(34)35)31-24(33)16-9-10-22-19(13-16)30-23(14-17-6-5-11-36-17)32(22)21-8-4-3-7-18(21)26(27,28)29/h5-6,9-11,13,15,18,20-21H,3-4,7-8,12,14H2,1-2H3,(H,31,33)(H,34,35)/t18?,20?,21-/m0/s1. The van der Waals surface area contributed by atoms with Crippen molar-refractivity contribution < 1.29 is 27.9 Å². The second kappa shape index (κ2) is 10.6. The summed E-state index contributed by atoms with van der Waals surface area (Å²) in [5, 5.41) is 13.9. The number of amides is 1. The number of fused-ring (bicyclic) bond motifs is 1. The van der Waals surface area contributed by atoms with E-state index >= 15 is 0 Å². The summed E-state index contributed by atoms with van der Waals surface area (Å²) >= 11 is 1.52. The van der Waals surface area contributed by atoms with E-state index < -0.39 is 36.1 Å². The van der Waals surface area contributed by atoms with Crippen LogP contribution in [-0.4, -0.2) is 38.8 Å². The van der Waals surface area contributed by atoms with Crippen molar-refractivity contribution in [2.75, 3.05) is 0 Å². The molecular formula is C26H30F3N3O3S. The van der Waals surface area contributed by atoms with Gasteiger partial charge >= 0.3 is 12.1 Å². The molecule has 1 aliphatic rings. The summed E-state index contributed by atoms with van der Waals surface area (Å²) in [6.45, 7) is 3.74. The number of carbonyl (C=O) groups excluding carboxylic acids is 1. The number of hydrogen-bond acceptors (Lipinski definition) is 4. The first-order valence-corrected chi connectivity index (χ1v) is 13.1. The first kappa shape index (κ1) is 26.2. The molecule has 1 saturated carbocycles. The van der Waals surface area contributed by atoms with Crippen LogP contribution in [0.1, 0.15) is 73.1 Å². The lowest BCUT2D eigenvalue weighted by atomic mass is 9.83. The second-order valence-corrected chi connectivity index (χ2v) is 10.9. The number of alkyl halides is 3. The maximum atomic E-state index is 14.0. The molecule has 0 saturated heterocycles. The molecule has 0 aliphatic heterocycles. The van der Waals surface area contributed by atoms with Gasteiger partial charge in [0.25, 0.3) is 5.91 Å². The number of benzene rings is 1. The van der Waals surface area contributed by atoms with Gasteiger partial charge in [0, 0.05) is 22.9 Å². The molecule has 0 spiro atoms. The lowest BCUT2D eigenvalue weighted by Gasteiger charge is -2.35. The molecule has 10 heteroatoms. The van der Waals surface area contributed by atoms with Gasteiger partial charge in [0.2, 0.25) is 0 Å². The van der Waals surface area contributed by atoms with Crippen LogP contribution in [0.5, 0.6) is 0 Å². The molecule has 1 amide bonds. The zero-order valence-electron chi connectivity index (χ0n) is 20.2. The Bertz CT molecular complexity index is 1220. The molecule has 0 radical (unpaired) electrons. The summed E-state index contributed by atoms with van der Waals surface area (Å²) in [5.41, 5.74) is 1.20. The second-order valence-electron chi connectivity index (χ2n) is 9.85. The fourth-order valence-electron chi connectivity index (χ4n) is 5.09. The predicted molar refractivity (Wildman–Crippen MR) is 132 cm³/mol. The van der Waals surface area contributed by atoms with Crippen LogP contribution in [0.4, 0.5) is 13.2 Å². The van der Waals surface area contributed by atoms with Gasteiger partial charge in [-0.2, -0.15) is 13.2 Å². The van der Waals surface area contributed by atoms with Gasteiger partial charge in [-0.15, -0.1) is 11.3 Å². The molecular weight excluding hydrogens is 491 g/mol. The number of carboxylic acids is 1. The van der Waals surface area contributed by atoms with Crippen LogP contribution >= 0.6 is 11.3 Å².